The first-order chi connectivity index (χ1) is 15.0. The number of likely N-dealkylation sites (tertiary alicyclic amines) is 1. The molecule has 0 aliphatic carbocycles. The molecule has 0 bridgehead atoms. The quantitative estimate of drug-likeness (QED) is 0.769. The van der Waals surface area contributed by atoms with Crippen LogP contribution in [0.2, 0.25) is 0 Å². The number of amides is 1. The molecule has 166 valence electrons. The highest BCUT2D eigenvalue weighted by atomic mass is 19.1. The van der Waals surface area contributed by atoms with E-state index in [0.29, 0.717) is 37.2 Å². The maximum Gasteiger partial charge on any atom is 0.257 e. The molecule has 2 aliphatic rings. The molecule has 2 aromatic carbocycles. The highest BCUT2D eigenvalue weighted by molar-refractivity contribution is 5.95. The summed E-state index contributed by atoms with van der Waals surface area (Å²) in [6.45, 7) is 6.03. The fourth-order valence-corrected chi connectivity index (χ4v) is 4.34. The minimum absolute atomic E-state index is 0.0660. The summed E-state index contributed by atoms with van der Waals surface area (Å²) < 4.78 is 20.4. The van der Waals surface area contributed by atoms with Gasteiger partial charge in [0.2, 0.25) is 0 Å². The number of piperazine rings is 1. The van der Waals surface area contributed by atoms with Gasteiger partial charge in [0.1, 0.15) is 17.3 Å². The van der Waals surface area contributed by atoms with Crippen molar-refractivity contribution in [3.63, 3.8) is 0 Å². The van der Waals surface area contributed by atoms with Crippen molar-refractivity contribution in [2.75, 3.05) is 52.9 Å². The largest absolute Gasteiger partial charge is 0.457 e. The Kier molecular flexibility index (Phi) is 6.85. The van der Waals surface area contributed by atoms with Crippen LogP contribution in [0.25, 0.3) is 0 Å². The van der Waals surface area contributed by atoms with Crippen molar-refractivity contribution in [1.82, 2.24) is 14.7 Å². The molecule has 2 saturated heterocycles. The number of carbonyl (C=O) groups is 1. The Labute approximate surface area is 183 Å². The second kappa shape index (κ2) is 9.77. The second-order valence-corrected chi connectivity index (χ2v) is 8.46. The highest BCUT2D eigenvalue weighted by Crippen LogP contribution is 2.26. The van der Waals surface area contributed by atoms with Gasteiger partial charge in [0, 0.05) is 45.3 Å². The Morgan fingerprint density at radius 3 is 2.48 bits per heavy atom. The van der Waals surface area contributed by atoms with Crippen LogP contribution in [-0.2, 0) is 6.42 Å². The summed E-state index contributed by atoms with van der Waals surface area (Å²) in [5.74, 6) is 0.310. The van der Waals surface area contributed by atoms with Crippen molar-refractivity contribution in [2.24, 2.45) is 5.73 Å². The minimum atomic E-state index is -0.515. The zero-order valence-corrected chi connectivity index (χ0v) is 18.1. The number of benzene rings is 2. The predicted molar refractivity (Wildman–Crippen MR) is 119 cm³/mol. The fraction of sp³-hybridized carbons (Fsp3) is 0.458. The molecule has 0 spiro atoms. The van der Waals surface area contributed by atoms with E-state index in [0.717, 1.165) is 44.6 Å². The molecular formula is C24H31FN4O2. The van der Waals surface area contributed by atoms with Crippen LogP contribution in [0.3, 0.4) is 0 Å². The van der Waals surface area contributed by atoms with Crippen LogP contribution in [0.15, 0.2) is 42.5 Å². The zero-order valence-electron chi connectivity index (χ0n) is 18.1. The first-order valence-electron chi connectivity index (χ1n) is 11.0. The van der Waals surface area contributed by atoms with E-state index < -0.39 is 5.82 Å². The number of rotatable bonds is 6. The molecule has 0 radical (unpaired) electrons. The molecule has 7 heteroatoms. The van der Waals surface area contributed by atoms with Gasteiger partial charge in [-0.1, -0.05) is 12.1 Å². The third kappa shape index (κ3) is 5.23. The summed E-state index contributed by atoms with van der Waals surface area (Å²) >= 11 is 0. The van der Waals surface area contributed by atoms with Crippen LogP contribution in [-0.4, -0.2) is 79.5 Å². The van der Waals surface area contributed by atoms with Crippen molar-refractivity contribution in [3.8, 4) is 11.5 Å². The lowest BCUT2D eigenvalue weighted by Gasteiger charge is -2.36. The van der Waals surface area contributed by atoms with E-state index in [4.69, 9.17) is 10.5 Å². The summed E-state index contributed by atoms with van der Waals surface area (Å²) in [6.07, 6.45) is 1.74. The van der Waals surface area contributed by atoms with E-state index in [1.165, 1.54) is 12.1 Å². The van der Waals surface area contributed by atoms with Crippen LogP contribution >= 0.6 is 0 Å². The molecule has 0 aromatic heterocycles. The van der Waals surface area contributed by atoms with Gasteiger partial charge in [0.15, 0.2) is 0 Å². The summed E-state index contributed by atoms with van der Waals surface area (Å²) in [5.41, 5.74) is 6.78. The molecule has 2 N–H and O–H groups in total. The number of nitrogens with zero attached hydrogens (tertiary/aromatic N) is 3. The van der Waals surface area contributed by atoms with Crippen molar-refractivity contribution in [2.45, 2.75) is 18.9 Å². The molecule has 1 atom stereocenters. The van der Waals surface area contributed by atoms with E-state index in [1.54, 1.807) is 11.0 Å². The Morgan fingerprint density at radius 2 is 1.77 bits per heavy atom. The van der Waals surface area contributed by atoms with Crippen molar-refractivity contribution >= 4 is 5.91 Å². The molecule has 2 aromatic rings. The lowest BCUT2D eigenvalue weighted by molar-refractivity contribution is 0.0750. The SMILES string of the molecule is CN1CCN(C2CCN(C(=O)c3cc(Oc4ccc(CCN)cc4)ccc3F)C2)CC1. The van der Waals surface area contributed by atoms with Gasteiger partial charge in [0.05, 0.1) is 5.56 Å². The maximum atomic E-state index is 14.5. The summed E-state index contributed by atoms with van der Waals surface area (Å²) in [7, 11) is 2.13. The molecule has 2 aliphatic heterocycles. The summed E-state index contributed by atoms with van der Waals surface area (Å²) in [6, 6.07) is 12.4. The number of carbonyl (C=O) groups excluding carboxylic acids is 1. The van der Waals surface area contributed by atoms with Gasteiger partial charge in [-0.15, -0.1) is 0 Å². The minimum Gasteiger partial charge on any atom is -0.457 e. The molecule has 4 rings (SSSR count). The van der Waals surface area contributed by atoms with Gasteiger partial charge >= 0.3 is 0 Å². The Morgan fingerprint density at radius 1 is 1.06 bits per heavy atom. The molecule has 6 nitrogen and oxygen atoms in total. The summed E-state index contributed by atoms with van der Waals surface area (Å²) in [5, 5.41) is 0. The average molecular weight is 427 g/mol. The number of hydrogen-bond acceptors (Lipinski definition) is 5. The highest BCUT2D eigenvalue weighted by Gasteiger charge is 2.33. The number of nitrogens with two attached hydrogens (primary N) is 1. The lowest BCUT2D eigenvalue weighted by atomic mass is 10.1. The third-order valence-corrected chi connectivity index (χ3v) is 6.27. The molecule has 1 unspecified atom stereocenters. The fourth-order valence-electron chi connectivity index (χ4n) is 4.34. The van der Waals surface area contributed by atoms with Gasteiger partial charge in [-0.3, -0.25) is 9.69 Å². The van der Waals surface area contributed by atoms with Gasteiger partial charge in [-0.05, 0) is 62.3 Å². The molecule has 1 amide bonds. The number of hydrogen-bond donors (Lipinski definition) is 1. The lowest BCUT2D eigenvalue weighted by Crippen LogP contribution is -2.50. The van der Waals surface area contributed by atoms with E-state index in [-0.39, 0.29) is 11.5 Å². The van der Waals surface area contributed by atoms with Gasteiger partial charge in [-0.25, -0.2) is 4.39 Å². The van der Waals surface area contributed by atoms with Crippen LogP contribution in [0.1, 0.15) is 22.3 Å². The molecule has 2 fully saturated rings. The van der Waals surface area contributed by atoms with Gasteiger partial charge in [-0.2, -0.15) is 0 Å². The smallest absolute Gasteiger partial charge is 0.257 e. The maximum absolute atomic E-state index is 14.5. The second-order valence-electron chi connectivity index (χ2n) is 8.46. The average Bonchev–Trinajstić information content (AvgIpc) is 3.27. The van der Waals surface area contributed by atoms with E-state index >= 15 is 0 Å². The van der Waals surface area contributed by atoms with E-state index in [2.05, 4.69) is 16.8 Å². The molecule has 0 saturated carbocycles. The third-order valence-electron chi connectivity index (χ3n) is 6.27. The predicted octanol–water partition coefficient (Wildman–Crippen LogP) is 2.58. The Bertz CT molecular complexity index is 897. The molecule has 2 heterocycles. The van der Waals surface area contributed by atoms with Crippen LogP contribution in [0, 0.1) is 5.82 Å². The Hall–Kier alpha value is -2.48. The molecular weight excluding hydrogens is 395 g/mol. The topological polar surface area (TPSA) is 62.0 Å². The van der Waals surface area contributed by atoms with Crippen molar-refractivity contribution in [1.29, 1.82) is 0 Å². The van der Waals surface area contributed by atoms with Crippen molar-refractivity contribution in [3.05, 3.63) is 59.4 Å². The van der Waals surface area contributed by atoms with Crippen LogP contribution in [0.5, 0.6) is 11.5 Å². The van der Waals surface area contributed by atoms with E-state index in [1.807, 2.05) is 24.3 Å². The van der Waals surface area contributed by atoms with Gasteiger partial charge in [0.25, 0.3) is 5.91 Å². The normalized spacial score (nSPS) is 20.2. The van der Waals surface area contributed by atoms with E-state index in [9.17, 15) is 9.18 Å². The molecule has 31 heavy (non-hydrogen) atoms. The zero-order chi connectivity index (χ0) is 21.8. The first kappa shape index (κ1) is 21.7. The Balaban J connectivity index is 1.41. The number of ether oxygens (including phenoxy) is 1. The van der Waals surface area contributed by atoms with Crippen molar-refractivity contribution < 1.29 is 13.9 Å². The monoisotopic (exact) mass is 426 g/mol. The standard InChI is InChI=1S/C24H31FN4O2/c1-27-12-14-28(15-13-27)19-9-11-29(17-19)24(30)22-16-21(6-7-23(22)25)31-20-4-2-18(3-5-20)8-10-26/h2-7,16,19H,8-15,17,26H2,1H3. The number of halogens is 1. The number of likely N-dealkylation sites (N-methyl/N-ethyl adjacent to an activating group) is 1. The van der Waals surface area contributed by atoms with Crippen LogP contribution in [0.4, 0.5) is 4.39 Å². The summed E-state index contributed by atoms with van der Waals surface area (Å²) in [4.78, 5) is 19.6. The van der Waals surface area contributed by atoms with Gasteiger partial charge < -0.3 is 20.3 Å². The van der Waals surface area contributed by atoms with Crippen LogP contribution < -0.4 is 10.5 Å². The first-order valence-corrected chi connectivity index (χ1v) is 11.0.